The predicted molar refractivity (Wildman–Crippen MR) is 118 cm³/mol. The number of amides is 2. The van der Waals surface area contributed by atoms with Crippen LogP contribution in [0.2, 0.25) is 5.02 Å². The molecule has 2 aromatic carbocycles. The van der Waals surface area contributed by atoms with Gasteiger partial charge in [0.2, 0.25) is 5.91 Å². The molecule has 0 aliphatic carbocycles. The molecule has 1 unspecified atom stereocenters. The third-order valence-corrected chi connectivity index (χ3v) is 5.88. The maximum atomic E-state index is 13.2. The number of benzene rings is 2. The van der Waals surface area contributed by atoms with Crippen LogP contribution < -0.4 is 5.32 Å². The van der Waals surface area contributed by atoms with Crippen molar-refractivity contribution in [3.8, 4) is 11.1 Å². The fourth-order valence-electron chi connectivity index (χ4n) is 4.07. The first-order chi connectivity index (χ1) is 13.6. The van der Waals surface area contributed by atoms with E-state index >= 15 is 0 Å². The van der Waals surface area contributed by atoms with E-state index < -0.39 is 0 Å². The lowest BCUT2D eigenvalue weighted by atomic mass is 10.00. The normalized spacial score (nSPS) is 19.6. The molecule has 29 heavy (non-hydrogen) atoms. The van der Waals surface area contributed by atoms with Gasteiger partial charge in [0.15, 0.2) is 0 Å². The Morgan fingerprint density at radius 3 is 2.62 bits per heavy atom. The Morgan fingerprint density at radius 1 is 1.07 bits per heavy atom. The lowest BCUT2D eigenvalue weighted by Gasteiger charge is -2.41. The average molecular weight is 434 g/mol. The number of piperazine rings is 1. The minimum atomic E-state index is -0.0601. The molecule has 2 amide bonds. The molecule has 2 aromatic rings. The molecule has 0 saturated carbocycles. The van der Waals surface area contributed by atoms with E-state index in [2.05, 4.69) is 5.32 Å². The molecule has 2 saturated heterocycles. The van der Waals surface area contributed by atoms with E-state index in [1.165, 1.54) is 0 Å². The summed E-state index contributed by atoms with van der Waals surface area (Å²) < 4.78 is 0. The molecule has 2 aliphatic heterocycles. The van der Waals surface area contributed by atoms with Crippen LogP contribution in [0.5, 0.6) is 0 Å². The van der Waals surface area contributed by atoms with Gasteiger partial charge in [0.1, 0.15) is 0 Å². The summed E-state index contributed by atoms with van der Waals surface area (Å²) in [5.41, 5.74) is 2.55. The van der Waals surface area contributed by atoms with Crippen LogP contribution in [-0.4, -0.2) is 60.4 Å². The molecular weight excluding hydrogens is 409 g/mol. The number of nitrogens with one attached hydrogen (secondary N) is 1. The van der Waals surface area contributed by atoms with Crippen molar-refractivity contribution in [2.24, 2.45) is 0 Å². The summed E-state index contributed by atoms with van der Waals surface area (Å²) in [5, 5.41) is 3.57. The standard InChI is InChI=1S/C22H24ClN3O2.ClH/c23-20-9-8-17(16-5-2-1-3-6-16)13-19(20)22(28)25-11-4-7-18(15-25)26-12-10-24-14-21(26)27;/h1-3,5-6,8-9,13,18,24H,4,7,10-12,14-15H2;1H. The minimum Gasteiger partial charge on any atom is -0.337 e. The number of nitrogens with zero attached hydrogens (tertiary/aromatic N) is 2. The van der Waals surface area contributed by atoms with E-state index in [1.807, 2.05) is 52.3 Å². The Balaban J connectivity index is 0.00000240. The molecule has 0 radical (unpaired) electrons. The molecule has 2 heterocycles. The lowest BCUT2D eigenvalue weighted by molar-refractivity contribution is -0.135. The first-order valence-corrected chi connectivity index (χ1v) is 10.2. The number of carbonyl (C=O) groups is 2. The van der Waals surface area contributed by atoms with Crippen molar-refractivity contribution in [2.45, 2.75) is 18.9 Å². The number of piperidine rings is 1. The zero-order valence-electron chi connectivity index (χ0n) is 16.1. The second-order valence-corrected chi connectivity index (χ2v) is 7.78. The third-order valence-electron chi connectivity index (χ3n) is 5.55. The van der Waals surface area contributed by atoms with E-state index in [0.717, 1.165) is 30.5 Å². The highest BCUT2D eigenvalue weighted by Crippen LogP contribution is 2.27. The molecule has 0 spiro atoms. The fourth-order valence-corrected chi connectivity index (χ4v) is 4.27. The van der Waals surface area contributed by atoms with Gasteiger partial charge in [-0.25, -0.2) is 0 Å². The predicted octanol–water partition coefficient (Wildman–Crippen LogP) is 3.47. The van der Waals surface area contributed by atoms with Crippen LogP contribution in [0, 0.1) is 0 Å². The molecule has 5 nitrogen and oxygen atoms in total. The van der Waals surface area contributed by atoms with Gasteiger partial charge in [0, 0.05) is 32.2 Å². The van der Waals surface area contributed by atoms with E-state index in [-0.39, 0.29) is 30.3 Å². The number of halogens is 2. The molecule has 0 aromatic heterocycles. The van der Waals surface area contributed by atoms with Crippen molar-refractivity contribution >= 4 is 35.8 Å². The second-order valence-electron chi connectivity index (χ2n) is 7.37. The summed E-state index contributed by atoms with van der Waals surface area (Å²) in [6.07, 6.45) is 1.83. The molecule has 1 atom stereocenters. The van der Waals surface area contributed by atoms with Crippen LogP contribution in [0.25, 0.3) is 11.1 Å². The number of rotatable bonds is 3. The fraction of sp³-hybridized carbons (Fsp3) is 0.364. The maximum absolute atomic E-state index is 13.2. The van der Waals surface area contributed by atoms with E-state index in [9.17, 15) is 9.59 Å². The van der Waals surface area contributed by atoms with Gasteiger partial charge in [-0.3, -0.25) is 9.59 Å². The molecule has 2 fully saturated rings. The first-order valence-electron chi connectivity index (χ1n) is 9.78. The smallest absolute Gasteiger partial charge is 0.255 e. The summed E-state index contributed by atoms with van der Waals surface area (Å²) in [6.45, 7) is 3.16. The van der Waals surface area contributed by atoms with Crippen molar-refractivity contribution < 1.29 is 9.59 Å². The molecular formula is C22H25Cl2N3O2. The van der Waals surface area contributed by atoms with Crippen LogP contribution in [-0.2, 0) is 4.79 Å². The highest BCUT2D eigenvalue weighted by Gasteiger charge is 2.32. The summed E-state index contributed by atoms with van der Waals surface area (Å²) in [6, 6.07) is 15.6. The minimum absolute atomic E-state index is 0. The summed E-state index contributed by atoms with van der Waals surface area (Å²) in [5.74, 6) is 0.0599. The monoisotopic (exact) mass is 433 g/mol. The van der Waals surface area contributed by atoms with E-state index in [1.54, 1.807) is 6.07 Å². The highest BCUT2D eigenvalue weighted by atomic mass is 35.5. The molecule has 1 N–H and O–H groups in total. The molecule has 7 heteroatoms. The number of hydrogen-bond donors (Lipinski definition) is 1. The van der Waals surface area contributed by atoms with Gasteiger partial charge in [-0.15, -0.1) is 12.4 Å². The Labute approximate surface area is 182 Å². The van der Waals surface area contributed by atoms with E-state index in [0.29, 0.717) is 36.8 Å². The van der Waals surface area contributed by atoms with Gasteiger partial charge in [0.25, 0.3) is 5.91 Å². The molecule has 4 rings (SSSR count). The number of carbonyl (C=O) groups excluding carboxylic acids is 2. The average Bonchev–Trinajstić information content (AvgIpc) is 2.75. The van der Waals surface area contributed by atoms with Gasteiger partial charge >= 0.3 is 0 Å². The molecule has 0 bridgehead atoms. The summed E-state index contributed by atoms with van der Waals surface area (Å²) >= 11 is 6.39. The third kappa shape index (κ3) is 4.74. The highest BCUT2D eigenvalue weighted by molar-refractivity contribution is 6.34. The largest absolute Gasteiger partial charge is 0.337 e. The van der Waals surface area contributed by atoms with Crippen molar-refractivity contribution in [1.82, 2.24) is 15.1 Å². The lowest BCUT2D eigenvalue weighted by Crippen LogP contribution is -2.57. The van der Waals surface area contributed by atoms with Crippen LogP contribution in [0.4, 0.5) is 0 Å². The van der Waals surface area contributed by atoms with Crippen molar-refractivity contribution in [3.05, 3.63) is 59.1 Å². The molecule has 154 valence electrons. The van der Waals surface area contributed by atoms with Gasteiger partial charge < -0.3 is 15.1 Å². The Bertz CT molecular complexity index is 876. The van der Waals surface area contributed by atoms with Crippen LogP contribution in [0.15, 0.2) is 48.5 Å². The topological polar surface area (TPSA) is 52.7 Å². The summed E-state index contributed by atoms with van der Waals surface area (Å²) in [7, 11) is 0. The first kappa shape index (κ1) is 21.6. The Hall–Kier alpha value is -2.08. The zero-order chi connectivity index (χ0) is 19.5. The summed E-state index contributed by atoms with van der Waals surface area (Å²) in [4.78, 5) is 29.2. The Morgan fingerprint density at radius 2 is 1.86 bits per heavy atom. The van der Waals surface area contributed by atoms with Crippen LogP contribution in [0.3, 0.4) is 0 Å². The van der Waals surface area contributed by atoms with Crippen molar-refractivity contribution in [3.63, 3.8) is 0 Å². The van der Waals surface area contributed by atoms with Gasteiger partial charge in [-0.05, 0) is 36.1 Å². The van der Waals surface area contributed by atoms with E-state index in [4.69, 9.17) is 11.6 Å². The number of likely N-dealkylation sites (tertiary alicyclic amines) is 1. The number of hydrogen-bond acceptors (Lipinski definition) is 3. The quantitative estimate of drug-likeness (QED) is 0.805. The second kappa shape index (κ2) is 9.61. The zero-order valence-corrected chi connectivity index (χ0v) is 17.7. The van der Waals surface area contributed by atoms with Crippen LogP contribution in [0.1, 0.15) is 23.2 Å². The van der Waals surface area contributed by atoms with Gasteiger partial charge in [-0.2, -0.15) is 0 Å². The van der Waals surface area contributed by atoms with Gasteiger partial charge in [-0.1, -0.05) is 48.0 Å². The Kier molecular flexibility index (Phi) is 7.17. The van der Waals surface area contributed by atoms with Crippen molar-refractivity contribution in [1.29, 1.82) is 0 Å². The SMILES string of the molecule is Cl.O=C(c1cc(-c2ccccc2)ccc1Cl)N1CCCC(N2CCNCC2=O)C1. The maximum Gasteiger partial charge on any atom is 0.255 e. The van der Waals surface area contributed by atoms with Crippen LogP contribution >= 0.6 is 24.0 Å². The van der Waals surface area contributed by atoms with Crippen molar-refractivity contribution in [2.75, 3.05) is 32.7 Å². The van der Waals surface area contributed by atoms with Gasteiger partial charge in [0.05, 0.1) is 17.1 Å². The molecule has 2 aliphatic rings.